The summed E-state index contributed by atoms with van der Waals surface area (Å²) in [5.74, 6) is 0.233. The number of nitrogens with zero attached hydrogens (tertiary/aromatic N) is 3. The first-order valence-corrected chi connectivity index (χ1v) is 5.49. The van der Waals surface area contributed by atoms with Gasteiger partial charge in [-0.3, -0.25) is 0 Å². The van der Waals surface area contributed by atoms with Gasteiger partial charge in [-0.25, -0.2) is 15.0 Å². The van der Waals surface area contributed by atoms with Gasteiger partial charge < -0.3 is 25.0 Å². The first kappa shape index (κ1) is 11.5. The number of aromatic nitrogens is 4. The van der Waals surface area contributed by atoms with Crippen LogP contribution in [0, 0.1) is 0 Å². The van der Waals surface area contributed by atoms with Crippen LogP contribution in [0.15, 0.2) is 12.5 Å². The van der Waals surface area contributed by atoms with Crippen molar-refractivity contribution in [1.82, 2.24) is 19.9 Å². The number of fused-ring (bicyclic) bond motifs is 1. The van der Waals surface area contributed by atoms with Crippen LogP contribution in [0.25, 0.3) is 11.2 Å². The molecule has 4 N–H and O–H groups in total. The summed E-state index contributed by atoms with van der Waals surface area (Å²) < 4.78 is 5.33. The first-order valence-electron chi connectivity index (χ1n) is 5.49. The Morgan fingerprint density at radius 2 is 2.11 bits per heavy atom. The third-order valence-corrected chi connectivity index (χ3v) is 2.99. The molecule has 1 aliphatic heterocycles. The average molecular weight is 252 g/mol. The molecule has 0 spiro atoms. The second-order valence-corrected chi connectivity index (χ2v) is 4.13. The van der Waals surface area contributed by atoms with Crippen molar-refractivity contribution in [2.45, 2.75) is 24.4 Å². The van der Waals surface area contributed by atoms with Gasteiger partial charge in [0.05, 0.1) is 19.1 Å². The number of nitrogens with one attached hydrogen (secondary N) is 1. The van der Waals surface area contributed by atoms with Gasteiger partial charge >= 0.3 is 0 Å². The zero-order valence-corrected chi connectivity index (χ0v) is 9.26. The molecular formula is C10H12N4O4. The number of aromatic amines is 1. The molecule has 2 aromatic rings. The monoisotopic (exact) mass is 252 g/mol. The van der Waals surface area contributed by atoms with Crippen molar-refractivity contribution in [1.29, 1.82) is 0 Å². The molecule has 1 aliphatic rings. The third-order valence-electron chi connectivity index (χ3n) is 2.99. The summed E-state index contributed by atoms with van der Waals surface area (Å²) in [6.07, 6.45) is -1.00. The van der Waals surface area contributed by atoms with E-state index in [4.69, 9.17) is 9.84 Å². The Kier molecular flexibility index (Phi) is 2.71. The Hall–Kier alpha value is -1.61. The number of rotatable bonds is 2. The second-order valence-electron chi connectivity index (χ2n) is 4.13. The van der Waals surface area contributed by atoms with Crippen LogP contribution < -0.4 is 0 Å². The van der Waals surface area contributed by atoms with Crippen LogP contribution in [-0.2, 0) is 4.74 Å². The molecule has 2 aromatic heterocycles. The molecule has 3 rings (SSSR count). The maximum absolute atomic E-state index is 9.84. The quantitative estimate of drug-likeness (QED) is 0.513. The lowest BCUT2D eigenvalue weighted by Crippen LogP contribution is -2.32. The molecule has 0 amide bonds. The SMILES string of the molecule is OC[C@H]1O[C@@H](c2ncc3[nH]cnc3n2)[C@H](O)[C@@H]1O. The van der Waals surface area contributed by atoms with Crippen molar-refractivity contribution in [3.63, 3.8) is 0 Å². The van der Waals surface area contributed by atoms with Crippen LogP contribution >= 0.6 is 0 Å². The van der Waals surface area contributed by atoms with E-state index in [0.29, 0.717) is 11.2 Å². The third kappa shape index (κ3) is 1.66. The fraction of sp³-hybridized carbons (Fsp3) is 0.500. The summed E-state index contributed by atoms with van der Waals surface area (Å²) in [6.45, 7) is -0.376. The number of aliphatic hydroxyl groups excluding tert-OH is 3. The van der Waals surface area contributed by atoms with E-state index in [2.05, 4.69) is 19.9 Å². The minimum absolute atomic E-state index is 0.233. The predicted octanol–water partition coefficient (Wildman–Crippen LogP) is -1.49. The zero-order valence-electron chi connectivity index (χ0n) is 9.26. The Balaban J connectivity index is 1.94. The highest BCUT2D eigenvalue weighted by Crippen LogP contribution is 2.31. The standard InChI is InChI=1S/C10H12N4O4/c15-2-5-6(16)7(17)8(18-5)10-11-1-4-9(14-10)13-3-12-4/h1,3,5-8,15-17H,2H2,(H,11,12,13,14)/t5-,6-,7-,8-/m1/s1. The fourth-order valence-electron chi connectivity index (χ4n) is 2.00. The molecule has 1 saturated heterocycles. The summed E-state index contributed by atoms with van der Waals surface area (Å²) in [7, 11) is 0. The van der Waals surface area contributed by atoms with Crippen molar-refractivity contribution in [2.75, 3.05) is 6.61 Å². The van der Waals surface area contributed by atoms with Gasteiger partial charge in [0.25, 0.3) is 0 Å². The lowest BCUT2D eigenvalue weighted by molar-refractivity contribution is -0.0252. The van der Waals surface area contributed by atoms with E-state index in [1.54, 1.807) is 0 Å². The second kappa shape index (κ2) is 4.25. The maximum Gasteiger partial charge on any atom is 0.180 e. The van der Waals surface area contributed by atoms with Gasteiger partial charge in [-0.15, -0.1) is 0 Å². The zero-order chi connectivity index (χ0) is 12.7. The highest BCUT2D eigenvalue weighted by molar-refractivity contribution is 5.68. The minimum Gasteiger partial charge on any atom is -0.394 e. The number of hydrogen-bond donors (Lipinski definition) is 4. The van der Waals surface area contributed by atoms with Crippen molar-refractivity contribution in [3.8, 4) is 0 Å². The Bertz CT molecular complexity index is 560. The van der Waals surface area contributed by atoms with E-state index in [-0.39, 0.29) is 12.4 Å². The molecule has 8 nitrogen and oxygen atoms in total. The summed E-state index contributed by atoms with van der Waals surface area (Å²) in [5.41, 5.74) is 1.13. The van der Waals surface area contributed by atoms with E-state index < -0.39 is 24.4 Å². The summed E-state index contributed by atoms with van der Waals surface area (Å²) in [4.78, 5) is 15.0. The van der Waals surface area contributed by atoms with E-state index in [0.717, 1.165) is 0 Å². The fourth-order valence-corrected chi connectivity index (χ4v) is 2.00. The number of ether oxygens (including phenoxy) is 1. The maximum atomic E-state index is 9.84. The van der Waals surface area contributed by atoms with Crippen molar-refractivity contribution in [3.05, 3.63) is 18.3 Å². The van der Waals surface area contributed by atoms with Crippen LogP contribution in [-0.4, -0.2) is 60.2 Å². The normalized spacial score (nSPS) is 32.2. The van der Waals surface area contributed by atoms with Gasteiger partial charge in [-0.2, -0.15) is 0 Å². The van der Waals surface area contributed by atoms with Crippen LogP contribution in [0.1, 0.15) is 11.9 Å². The lowest BCUT2D eigenvalue weighted by atomic mass is 10.1. The van der Waals surface area contributed by atoms with E-state index in [1.807, 2.05) is 0 Å². The molecule has 18 heavy (non-hydrogen) atoms. The number of H-pyrrole nitrogens is 1. The van der Waals surface area contributed by atoms with Gasteiger partial charge in [0, 0.05) is 0 Å². The van der Waals surface area contributed by atoms with Gasteiger partial charge in [-0.1, -0.05) is 0 Å². The van der Waals surface area contributed by atoms with Crippen LogP contribution in [0.5, 0.6) is 0 Å². The molecule has 0 bridgehead atoms. The Morgan fingerprint density at radius 1 is 1.28 bits per heavy atom. The molecule has 0 aromatic carbocycles. The Labute approximate surface area is 101 Å². The molecule has 0 saturated carbocycles. The van der Waals surface area contributed by atoms with Crippen molar-refractivity contribution < 1.29 is 20.1 Å². The molecule has 96 valence electrons. The van der Waals surface area contributed by atoms with Crippen LogP contribution in [0.2, 0.25) is 0 Å². The summed E-state index contributed by atoms with van der Waals surface area (Å²) >= 11 is 0. The van der Waals surface area contributed by atoms with Gasteiger partial charge in [0.1, 0.15) is 29.9 Å². The van der Waals surface area contributed by atoms with E-state index in [1.165, 1.54) is 12.5 Å². The van der Waals surface area contributed by atoms with Gasteiger partial charge in [0.2, 0.25) is 0 Å². The van der Waals surface area contributed by atoms with Crippen LogP contribution in [0.4, 0.5) is 0 Å². The molecule has 1 fully saturated rings. The number of hydrogen-bond acceptors (Lipinski definition) is 7. The smallest absolute Gasteiger partial charge is 0.180 e. The van der Waals surface area contributed by atoms with Crippen LogP contribution in [0.3, 0.4) is 0 Å². The van der Waals surface area contributed by atoms with Crippen molar-refractivity contribution >= 4 is 11.2 Å². The summed E-state index contributed by atoms with van der Waals surface area (Å²) in [6, 6.07) is 0. The Morgan fingerprint density at radius 3 is 2.83 bits per heavy atom. The first-order chi connectivity index (χ1) is 8.70. The highest BCUT2D eigenvalue weighted by atomic mass is 16.6. The average Bonchev–Trinajstić information content (AvgIpc) is 2.95. The van der Waals surface area contributed by atoms with Gasteiger partial charge in [-0.05, 0) is 0 Å². The molecule has 0 aliphatic carbocycles. The number of imidazole rings is 1. The molecule has 4 atom stereocenters. The molecule has 8 heteroatoms. The predicted molar refractivity (Wildman–Crippen MR) is 58.4 cm³/mol. The van der Waals surface area contributed by atoms with E-state index >= 15 is 0 Å². The molecule has 3 heterocycles. The van der Waals surface area contributed by atoms with Crippen molar-refractivity contribution in [2.24, 2.45) is 0 Å². The molecule has 0 unspecified atom stereocenters. The molecular weight excluding hydrogens is 240 g/mol. The highest BCUT2D eigenvalue weighted by Gasteiger charge is 2.44. The largest absolute Gasteiger partial charge is 0.394 e. The minimum atomic E-state index is -1.17. The number of aliphatic hydroxyl groups is 3. The summed E-state index contributed by atoms with van der Waals surface area (Å²) in [5, 5.41) is 28.5. The van der Waals surface area contributed by atoms with E-state index in [9.17, 15) is 10.2 Å². The molecule has 0 radical (unpaired) electrons. The lowest BCUT2D eigenvalue weighted by Gasteiger charge is -2.12. The topological polar surface area (TPSA) is 124 Å². The van der Waals surface area contributed by atoms with Gasteiger partial charge in [0.15, 0.2) is 11.5 Å².